The van der Waals surface area contributed by atoms with E-state index in [0.717, 1.165) is 47.6 Å². The summed E-state index contributed by atoms with van der Waals surface area (Å²) in [5.41, 5.74) is 2.52. The van der Waals surface area contributed by atoms with Gasteiger partial charge in [0.2, 0.25) is 11.7 Å². The summed E-state index contributed by atoms with van der Waals surface area (Å²) in [6.45, 7) is 4.78. The fourth-order valence-corrected chi connectivity index (χ4v) is 4.08. The summed E-state index contributed by atoms with van der Waals surface area (Å²) in [6.07, 6.45) is -2.73. The van der Waals surface area contributed by atoms with Crippen molar-refractivity contribution in [2.24, 2.45) is 7.05 Å². The van der Waals surface area contributed by atoms with Gasteiger partial charge in [-0.1, -0.05) is 12.1 Å². The van der Waals surface area contributed by atoms with Crippen LogP contribution in [-0.4, -0.2) is 55.1 Å². The smallest absolute Gasteiger partial charge is 0.365 e. The molecule has 0 unspecified atom stereocenters. The monoisotopic (exact) mass is 473 g/mol. The van der Waals surface area contributed by atoms with Crippen LogP contribution >= 0.6 is 0 Å². The molecule has 1 aliphatic heterocycles. The molecule has 0 saturated heterocycles. The van der Waals surface area contributed by atoms with Gasteiger partial charge in [-0.2, -0.15) is 18.0 Å². The van der Waals surface area contributed by atoms with Crippen LogP contribution in [0.1, 0.15) is 35.7 Å². The zero-order valence-electron chi connectivity index (χ0n) is 19.2. The maximum absolute atomic E-state index is 12.8. The second-order valence-corrected chi connectivity index (χ2v) is 8.42. The summed E-state index contributed by atoms with van der Waals surface area (Å²) in [6, 6.07) is 6.80. The Balaban J connectivity index is 1.41. The predicted molar refractivity (Wildman–Crippen MR) is 120 cm³/mol. The van der Waals surface area contributed by atoms with Crippen molar-refractivity contribution in [3.05, 3.63) is 52.7 Å². The number of anilines is 1. The molecule has 1 atom stereocenters. The quantitative estimate of drug-likeness (QED) is 0.590. The van der Waals surface area contributed by atoms with Crippen molar-refractivity contribution in [2.75, 3.05) is 18.4 Å². The van der Waals surface area contributed by atoms with Gasteiger partial charge in [0.15, 0.2) is 0 Å². The molecule has 180 valence electrons. The summed E-state index contributed by atoms with van der Waals surface area (Å²) in [7, 11) is 1.71. The van der Waals surface area contributed by atoms with Crippen molar-refractivity contribution in [1.82, 2.24) is 30.1 Å². The van der Waals surface area contributed by atoms with Gasteiger partial charge in [-0.3, -0.25) is 4.79 Å². The van der Waals surface area contributed by atoms with Gasteiger partial charge < -0.3 is 10.2 Å². The lowest BCUT2D eigenvalue weighted by atomic mass is 9.98. The molecule has 1 N–H and O–H groups in total. The van der Waals surface area contributed by atoms with E-state index in [4.69, 9.17) is 4.98 Å². The van der Waals surface area contributed by atoms with Crippen LogP contribution in [0.15, 0.2) is 30.3 Å². The molecule has 1 amide bonds. The molecule has 0 bridgehead atoms. The molecule has 1 aromatic carbocycles. The molecule has 0 saturated carbocycles. The van der Waals surface area contributed by atoms with E-state index in [0.29, 0.717) is 24.5 Å². The molecule has 34 heavy (non-hydrogen) atoms. The molecule has 0 radical (unpaired) electrons. The number of rotatable bonds is 6. The molecule has 11 heteroatoms. The van der Waals surface area contributed by atoms with Crippen molar-refractivity contribution in [1.29, 1.82) is 0 Å². The van der Waals surface area contributed by atoms with Crippen LogP contribution < -0.4 is 5.32 Å². The number of aryl methyl sites for hydroxylation is 3. The maximum Gasteiger partial charge on any atom is 0.416 e. The number of alkyl halides is 3. The third kappa shape index (κ3) is 5.18. The first-order valence-electron chi connectivity index (χ1n) is 11.1. The highest BCUT2D eigenvalue weighted by atomic mass is 19.4. The minimum Gasteiger partial charge on any atom is -0.365 e. The number of amides is 1. The highest BCUT2D eigenvalue weighted by Gasteiger charge is 2.30. The van der Waals surface area contributed by atoms with Gasteiger partial charge in [0.1, 0.15) is 5.82 Å². The first-order valence-corrected chi connectivity index (χ1v) is 11.1. The van der Waals surface area contributed by atoms with Gasteiger partial charge in [-0.25, -0.2) is 4.98 Å². The van der Waals surface area contributed by atoms with Crippen LogP contribution in [0, 0.1) is 6.92 Å². The van der Waals surface area contributed by atoms with Gasteiger partial charge in [-0.15, -0.1) is 10.2 Å². The first-order chi connectivity index (χ1) is 16.1. The molecular formula is C23H26F3N7O. The number of carbonyl (C=O) groups is 1. The maximum atomic E-state index is 12.8. The molecule has 0 aliphatic carbocycles. The molecule has 0 spiro atoms. The topological polar surface area (TPSA) is 88.8 Å². The number of carbonyl (C=O) groups excluding carboxylic acids is 1. The Hall–Kier alpha value is -3.50. The van der Waals surface area contributed by atoms with Crippen LogP contribution in [0.3, 0.4) is 0 Å². The van der Waals surface area contributed by atoms with E-state index in [-0.39, 0.29) is 18.4 Å². The fourth-order valence-electron chi connectivity index (χ4n) is 4.08. The van der Waals surface area contributed by atoms with E-state index in [9.17, 15) is 18.0 Å². The highest BCUT2D eigenvalue weighted by Crippen LogP contribution is 2.30. The third-order valence-corrected chi connectivity index (χ3v) is 5.96. The van der Waals surface area contributed by atoms with E-state index < -0.39 is 11.7 Å². The van der Waals surface area contributed by atoms with E-state index in [1.807, 2.05) is 19.9 Å². The van der Waals surface area contributed by atoms with Crippen LogP contribution in [-0.2, 0) is 30.9 Å². The van der Waals surface area contributed by atoms with Crippen LogP contribution in [0.2, 0.25) is 0 Å². The minimum absolute atomic E-state index is 0.0244. The Bertz CT molecular complexity index is 1170. The molecule has 8 nitrogen and oxygen atoms in total. The zero-order chi connectivity index (χ0) is 24.5. The zero-order valence-corrected chi connectivity index (χ0v) is 19.2. The first kappa shape index (κ1) is 23.7. The number of pyridine rings is 1. The molecule has 3 aromatic rings. The second-order valence-electron chi connectivity index (χ2n) is 8.42. The van der Waals surface area contributed by atoms with Crippen molar-refractivity contribution in [3.8, 4) is 11.4 Å². The lowest BCUT2D eigenvalue weighted by Crippen LogP contribution is -2.42. The summed E-state index contributed by atoms with van der Waals surface area (Å²) < 4.78 is 38.3. The van der Waals surface area contributed by atoms with Gasteiger partial charge in [0.05, 0.1) is 24.7 Å². The minimum atomic E-state index is -4.39. The van der Waals surface area contributed by atoms with Gasteiger partial charge in [0, 0.05) is 24.7 Å². The van der Waals surface area contributed by atoms with Crippen molar-refractivity contribution in [2.45, 2.75) is 45.3 Å². The average molecular weight is 474 g/mol. The Labute approximate surface area is 195 Å². The molecule has 0 fully saturated rings. The van der Waals surface area contributed by atoms with Crippen LogP contribution in [0.4, 0.5) is 19.0 Å². The second kappa shape index (κ2) is 9.40. The molecular weight excluding hydrogens is 447 g/mol. The lowest BCUT2D eigenvalue weighted by Gasteiger charge is -2.31. The van der Waals surface area contributed by atoms with Crippen molar-refractivity contribution in [3.63, 3.8) is 0 Å². The summed E-state index contributed by atoms with van der Waals surface area (Å²) in [5, 5.41) is 15.7. The van der Waals surface area contributed by atoms with Gasteiger partial charge in [-0.05, 0) is 61.2 Å². The Kier molecular flexibility index (Phi) is 6.54. The number of benzene rings is 1. The average Bonchev–Trinajstić information content (AvgIpc) is 3.22. The van der Waals surface area contributed by atoms with E-state index in [2.05, 4.69) is 20.7 Å². The number of nitrogens with one attached hydrogen (secondary N) is 1. The molecule has 2 aromatic heterocycles. The van der Waals surface area contributed by atoms with E-state index >= 15 is 0 Å². The van der Waals surface area contributed by atoms with Crippen molar-refractivity contribution >= 4 is 11.7 Å². The molecule has 4 rings (SSSR count). The van der Waals surface area contributed by atoms with Gasteiger partial charge in [0.25, 0.3) is 0 Å². The Morgan fingerprint density at radius 1 is 1.26 bits per heavy atom. The van der Waals surface area contributed by atoms with E-state index in [1.165, 1.54) is 16.9 Å². The highest BCUT2D eigenvalue weighted by molar-refractivity contribution is 5.79. The molecule has 1 aliphatic rings. The number of fused-ring (bicyclic) bond motifs is 1. The third-order valence-electron chi connectivity index (χ3n) is 5.96. The lowest BCUT2D eigenvalue weighted by molar-refractivity contribution is -0.137. The number of hydrogen-bond donors (Lipinski definition) is 1. The van der Waals surface area contributed by atoms with Crippen LogP contribution in [0.25, 0.3) is 11.4 Å². The number of tetrazole rings is 1. The summed E-state index contributed by atoms with van der Waals surface area (Å²) in [4.78, 5) is 20.7. The molecule has 3 heterocycles. The number of halogens is 3. The predicted octanol–water partition coefficient (Wildman–Crippen LogP) is 3.42. The SMILES string of the molecule is CCN(C[C@H]1CCc2cc(-c3nnn(C)n3)c(C)nc2N1)C(=O)Cc1ccc(C(F)(F)F)cc1. The largest absolute Gasteiger partial charge is 0.416 e. The standard InChI is InChI=1S/C23H26F3N7O/c1-4-33(20(34)11-15-5-8-17(9-6-15)23(24,25)26)13-18-10-7-16-12-19(14(2)27-21(16)28-18)22-29-31-32(3)30-22/h5-6,8-9,12,18H,4,7,10-11,13H2,1-3H3,(H,27,28)/t18-/m1/s1. The Morgan fingerprint density at radius 3 is 2.62 bits per heavy atom. The van der Waals surface area contributed by atoms with Crippen molar-refractivity contribution < 1.29 is 18.0 Å². The number of hydrogen-bond acceptors (Lipinski definition) is 6. The van der Waals surface area contributed by atoms with Gasteiger partial charge >= 0.3 is 6.18 Å². The summed E-state index contributed by atoms with van der Waals surface area (Å²) >= 11 is 0. The number of nitrogens with zero attached hydrogens (tertiary/aromatic N) is 6. The van der Waals surface area contributed by atoms with Crippen LogP contribution in [0.5, 0.6) is 0 Å². The normalized spacial score (nSPS) is 15.5. The Morgan fingerprint density at radius 2 is 2.00 bits per heavy atom. The summed E-state index contributed by atoms with van der Waals surface area (Å²) in [5.74, 6) is 1.19. The fraction of sp³-hybridized carbons (Fsp3) is 0.435. The number of likely N-dealkylation sites (N-methyl/N-ethyl adjacent to an activating group) is 1. The van der Waals surface area contributed by atoms with E-state index in [1.54, 1.807) is 11.9 Å². The number of aromatic nitrogens is 5.